The van der Waals surface area contributed by atoms with E-state index in [1.54, 1.807) is 11.3 Å². The summed E-state index contributed by atoms with van der Waals surface area (Å²) in [6.07, 6.45) is 1.37. The molecule has 0 radical (unpaired) electrons. The minimum absolute atomic E-state index is 0.0690. The van der Waals surface area contributed by atoms with Crippen LogP contribution in [0.25, 0.3) is 0 Å². The fourth-order valence-electron chi connectivity index (χ4n) is 1.47. The summed E-state index contributed by atoms with van der Waals surface area (Å²) in [6, 6.07) is 5.30. The number of amides is 1. The minimum Gasteiger partial charge on any atom is -0.345 e. The highest BCUT2D eigenvalue weighted by Crippen LogP contribution is 2.21. The van der Waals surface area contributed by atoms with Gasteiger partial charge in [0.05, 0.1) is 16.6 Å². The van der Waals surface area contributed by atoms with E-state index in [2.05, 4.69) is 10.3 Å². The van der Waals surface area contributed by atoms with Crippen molar-refractivity contribution in [1.82, 2.24) is 10.3 Å². The molecule has 3 nitrogen and oxygen atoms in total. The van der Waals surface area contributed by atoms with Crippen LogP contribution in [0, 0.1) is 0 Å². The fraction of sp³-hybridized carbons (Fsp3) is 0.167. The zero-order valence-corrected chi connectivity index (χ0v) is 11.8. The molecule has 2 rings (SSSR count). The van der Waals surface area contributed by atoms with Crippen molar-refractivity contribution >= 4 is 40.4 Å². The van der Waals surface area contributed by atoms with Gasteiger partial charge in [-0.3, -0.25) is 4.79 Å². The quantitative estimate of drug-likeness (QED) is 0.872. The summed E-state index contributed by atoms with van der Waals surface area (Å²) in [5.74, 6) is -0.259. The number of nitrogens with zero attached hydrogens (tertiary/aromatic N) is 1. The molecule has 2 aromatic rings. The predicted molar refractivity (Wildman–Crippen MR) is 74.5 cm³/mol. The summed E-state index contributed by atoms with van der Waals surface area (Å²) in [5, 5.41) is 5.36. The van der Waals surface area contributed by atoms with Crippen LogP contribution in [0.2, 0.25) is 10.2 Å². The van der Waals surface area contributed by atoms with Crippen molar-refractivity contribution in [3.63, 3.8) is 0 Å². The van der Waals surface area contributed by atoms with Crippen LogP contribution in [0.15, 0.2) is 29.8 Å². The molecular formula is C12H10Cl2N2OS. The normalized spacial score (nSPS) is 12.2. The van der Waals surface area contributed by atoms with Gasteiger partial charge in [-0.25, -0.2) is 4.98 Å². The average Bonchev–Trinajstić information content (AvgIpc) is 2.85. The molecule has 6 heteroatoms. The molecule has 1 N–H and O–H groups in total. The molecule has 0 bridgehead atoms. The third-order valence-corrected chi connectivity index (χ3v) is 3.95. The highest BCUT2D eigenvalue weighted by molar-refractivity contribution is 7.10. The summed E-state index contributed by atoms with van der Waals surface area (Å²) in [6.45, 7) is 1.92. The molecule has 0 spiro atoms. The van der Waals surface area contributed by atoms with Gasteiger partial charge in [0.1, 0.15) is 5.15 Å². The van der Waals surface area contributed by atoms with Crippen LogP contribution in [0.4, 0.5) is 0 Å². The summed E-state index contributed by atoms with van der Waals surface area (Å²) in [7, 11) is 0. The van der Waals surface area contributed by atoms with E-state index in [9.17, 15) is 4.79 Å². The maximum atomic E-state index is 12.0. The monoisotopic (exact) mass is 300 g/mol. The number of halogens is 2. The van der Waals surface area contributed by atoms with E-state index >= 15 is 0 Å². The molecule has 2 aromatic heterocycles. The van der Waals surface area contributed by atoms with Crippen LogP contribution < -0.4 is 5.32 Å². The summed E-state index contributed by atoms with van der Waals surface area (Å²) < 4.78 is 0. The molecule has 2 heterocycles. The standard InChI is InChI=1S/C12H10Cl2N2OS/c1-7(10-3-2-4-18-10)16-12(17)8-5-11(14)15-6-9(8)13/h2-7H,1H3,(H,16,17). The zero-order chi connectivity index (χ0) is 13.1. The van der Waals surface area contributed by atoms with Gasteiger partial charge >= 0.3 is 0 Å². The Hall–Kier alpha value is -1.10. The van der Waals surface area contributed by atoms with Gasteiger partial charge in [-0.05, 0) is 24.4 Å². The Morgan fingerprint density at radius 1 is 1.50 bits per heavy atom. The molecule has 0 fully saturated rings. The lowest BCUT2D eigenvalue weighted by molar-refractivity contribution is 0.0940. The van der Waals surface area contributed by atoms with E-state index in [-0.39, 0.29) is 22.1 Å². The van der Waals surface area contributed by atoms with E-state index in [1.807, 2.05) is 24.4 Å². The van der Waals surface area contributed by atoms with Gasteiger partial charge in [0.2, 0.25) is 0 Å². The molecule has 94 valence electrons. The second kappa shape index (κ2) is 5.69. The van der Waals surface area contributed by atoms with Gasteiger partial charge < -0.3 is 5.32 Å². The van der Waals surface area contributed by atoms with Crippen molar-refractivity contribution in [1.29, 1.82) is 0 Å². The maximum Gasteiger partial charge on any atom is 0.253 e. The predicted octanol–water partition coefficient (Wildman–Crippen LogP) is 3.94. The SMILES string of the molecule is CC(NC(=O)c1cc(Cl)ncc1Cl)c1cccs1. The maximum absolute atomic E-state index is 12.0. The molecule has 0 aromatic carbocycles. The number of carbonyl (C=O) groups is 1. The summed E-state index contributed by atoms with van der Waals surface area (Å²) >= 11 is 13.3. The number of thiophene rings is 1. The lowest BCUT2D eigenvalue weighted by atomic mass is 10.2. The lowest BCUT2D eigenvalue weighted by Crippen LogP contribution is -2.26. The molecule has 18 heavy (non-hydrogen) atoms. The van der Waals surface area contributed by atoms with E-state index in [0.29, 0.717) is 5.56 Å². The number of hydrogen-bond donors (Lipinski definition) is 1. The smallest absolute Gasteiger partial charge is 0.253 e. The number of pyridine rings is 1. The van der Waals surface area contributed by atoms with Gasteiger partial charge in [0.15, 0.2) is 0 Å². The van der Waals surface area contributed by atoms with Crippen LogP contribution in [-0.2, 0) is 0 Å². The van der Waals surface area contributed by atoms with E-state index < -0.39 is 0 Å². The highest BCUT2D eigenvalue weighted by Gasteiger charge is 2.15. The second-order valence-corrected chi connectivity index (χ2v) is 5.47. The van der Waals surface area contributed by atoms with E-state index in [1.165, 1.54) is 12.3 Å². The first-order valence-corrected chi connectivity index (χ1v) is 6.87. The zero-order valence-electron chi connectivity index (χ0n) is 9.48. The number of carbonyl (C=O) groups excluding carboxylic acids is 1. The van der Waals surface area contributed by atoms with Gasteiger partial charge in [-0.2, -0.15) is 0 Å². The molecule has 1 unspecified atom stereocenters. The molecule has 1 atom stereocenters. The van der Waals surface area contributed by atoms with Crippen molar-refractivity contribution in [2.75, 3.05) is 0 Å². The minimum atomic E-state index is -0.259. The van der Waals surface area contributed by atoms with Crippen molar-refractivity contribution in [2.24, 2.45) is 0 Å². The van der Waals surface area contributed by atoms with Crippen LogP contribution in [0.3, 0.4) is 0 Å². The molecule has 0 saturated carbocycles. The number of hydrogen-bond acceptors (Lipinski definition) is 3. The Labute approximate surface area is 119 Å². The van der Waals surface area contributed by atoms with Crippen LogP contribution in [-0.4, -0.2) is 10.9 Å². The highest BCUT2D eigenvalue weighted by atomic mass is 35.5. The summed E-state index contributed by atoms with van der Waals surface area (Å²) in [5.41, 5.74) is 0.333. The second-order valence-electron chi connectivity index (χ2n) is 3.70. The molecule has 0 saturated heterocycles. The van der Waals surface area contributed by atoms with Crippen molar-refractivity contribution < 1.29 is 4.79 Å². The van der Waals surface area contributed by atoms with Gasteiger partial charge in [0.25, 0.3) is 5.91 Å². The molecule has 0 aliphatic rings. The van der Waals surface area contributed by atoms with Gasteiger partial charge in [-0.1, -0.05) is 29.3 Å². The molecular weight excluding hydrogens is 291 g/mol. The molecule has 0 aliphatic carbocycles. The Kier molecular flexibility index (Phi) is 4.22. The first-order chi connectivity index (χ1) is 8.58. The Bertz CT molecular complexity index is 557. The Morgan fingerprint density at radius 3 is 2.94 bits per heavy atom. The van der Waals surface area contributed by atoms with Crippen LogP contribution in [0.1, 0.15) is 28.2 Å². The topological polar surface area (TPSA) is 42.0 Å². The van der Waals surface area contributed by atoms with E-state index in [4.69, 9.17) is 23.2 Å². The Balaban J connectivity index is 2.15. The molecule has 1 amide bonds. The first-order valence-electron chi connectivity index (χ1n) is 5.23. The van der Waals surface area contributed by atoms with Crippen LogP contribution in [0.5, 0.6) is 0 Å². The van der Waals surface area contributed by atoms with Gasteiger partial charge in [-0.15, -0.1) is 11.3 Å². The summed E-state index contributed by atoms with van der Waals surface area (Å²) in [4.78, 5) is 16.9. The largest absolute Gasteiger partial charge is 0.345 e. The first kappa shape index (κ1) is 13.3. The van der Waals surface area contributed by atoms with E-state index in [0.717, 1.165) is 4.88 Å². The Morgan fingerprint density at radius 2 is 2.28 bits per heavy atom. The number of aromatic nitrogens is 1. The average molecular weight is 301 g/mol. The van der Waals surface area contributed by atoms with Gasteiger partial charge in [0, 0.05) is 11.1 Å². The van der Waals surface area contributed by atoms with Crippen molar-refractivity contribution in [3.8, 4) is 0 Å². The van der Waals surface area contributed by atoms with Crippen LogP contribution >= 0.6 is 34.5 Å². The third kappa shape index (κ3) is 3.02. The van der Waals surface area contributed by atoms with Crippen molar-refractivity contribution in [3.05, 3.63) is 50.4 Å². The van der Waals surface area contributed by atoms with Crippen molar-refractivity contribution in [2.45, 2.75) is 13.0 Å². The lowest BCUT2D eigenvalue weighted by Gasteiger charge is -2.12. The third-order valence-electron chi connectivity index (χ3n) is 2.38. The number of rotatable bonds is 3. The number of nitrogens with one attached hydrogen (secondary N) is 1. The fourth-order valence-corrected chi connectivity index (χ4v) is 2.55. The molecule has 0 aliphatic heterocycles.